The van der Waals surface area contributed by atoms with Crippen LogP contribution in [0.3, 0.4) is 0 Å². The Hall–Kier alpha value is -1.93. The van der Waals surface area contributed by atoms with E-state index in [0.29, 0.717) is 6.42 Å². The van der Waals surface area contributed by atoms with Gasteiger partial charge in [-0.25, -0.2) is 8.42 Å². The van der Waals surface area contributed by atoms with Crippen LogP contribution in [0.5, 0.6) is 0 Å². The third kappa shape index (κ3) is 5.54. The molecule has 1 fully saturated rings. The van der Waals surface area contributed by atoms with E-state index in [2.05, 4.69) is 5.32 Å². The summed E-state index contributed by atoms with van der Waals surface area (Å²) in [5.74, 6) is -1.51. The minimum atomic E-state index is -3.15. The Bertz CT molecular complexity index is 715. The van der Waals surface area contributed by atoms with Crippen LogP contribution in [-0.4, -0.2) is 62.9 Å². The predicted molar refractivity (Wildman–Crippen MR) is 93.7 cm³/mol. The number of rotatable bonds is 6. The second-order valence-electron chi connectivity index (χ2n) is 6.22. The van der Waals surface area contributed by atoms with Gasteiger partial charge in [-0.15, -0.1) is 0 Å². The van der Waals surface area contributed by atoms with Gasteiger partial charge in [0, 0.05) is 26.2 Å². The number of hydrogen-bond acceptors (Lipinski definition) is 5. The summed E-state index contributed by atoms with van der Waals surface area (Å²) in [4.78, 5) is 26.0. The highest BCUT2D eigenvalue weighted by Gasteiger charge is 2.36. The molecule has 1 aliphatic rings. The van der Waals surface area contributed by atoms with Gasteiger partial charge in [0.05, 0.1) is 18.1 Å². The monoisotopic (exact) mass is 368 g/mol. The van der Waals surface area contributed by atoms with Crippen molar-refractivity contribution in [3.8, 4) is 0 Å². The number of aryl methyl sites for hydroxylation is 1. The Labute approximate surface area is 148 Å². The third-order valence-electron chi connectivity index (χ3n) is 4.21. The number of methoxy groups -OCH3 is 1. The van der Waals surface area contributed by atoms with E-state index in [1.165, 1.54) is 12.0 Å². The van der Waals surface area contributed by atoms with Crippen LogP contribution < -0.4 is 5.32 Å². The highest BCUT2D eigenvalue weighted by atomic mass is 32.2. The second kappa shape index (κ2) is 8.44. The van der Waals surface area contributed by atoms with Gasteiger partial charge in [0.15, 0.2) is 9.84 Å². The molecule has 0 saturated carbocycles. The summed E-state index contributed by atoms with van der Waals surface area (Å²) in [5, 5.41) is 2.60. The molecule has 2 rings (SSSR count). The van der Waals surface area contributed by atoms with Crippen LogP contribution in [0, 0.1) is 6.92 Å². The van der Waals surface area contributed by atoms with Crippen LogP contribution in [0.25, 0.3) is 0 Å². The van der Waals surface area contributed by atoms with Crippen molar-refractivity contribution >= 4 is 21.7 Å². The Kier molecular flexibility index (Phi) is 6.55. The maximum Gasteiger partial charge on any atom is 0.312 e. The lowest BCUT2D eigenvalue weighted by Gasteiger charge is -2.27. The molecule has 1 unspecified atom stereocenters. The van der Waals surface area contributed by atoms with Crippen molar-refractivity contribution in [1.29, 1.82) is 0 Å². The average Bonchev–Trinajstić information content (AvgIpc) is 2.94. The molecule has 1 N–H and O–H groups in total. The molecule has 8 heteroatoms. The van der Waals surface area contributed by atoms with Crippen LogP contribution >= 0.6 is 0 Å². The molecule has 0 aliphatic carbocycles. The molecule has 1 aromatic carbocycles. The highest BCUT2D eigenvalue weighted by molar-refractivity contribution is 7.91. The zero-order valence-corrected chi connectivity index (χ0v) is 15.3. The van der Waals surface area contributed by atoms with Crippen LogP contribution in [0.4, 0.5) is 0 Å². The molecule has 0 aromatic heterocycles. The Morgan fingerprint density at radius 1 is 1.28 bits per heavy atom. The molecule has 1 atom stereocenters. The second-order valence-corrected chi connectivity index (χ2v) is 8.45. The van der Waals surface area contributed by atoms with Gasteiger partial charge in [0.25, 0.3) is 0 Å². The van der Waals surface area contributed by atoms with Crippen molar-refractivity contribution in [1.82, 2.24) is 10.2 Å². The summed E-state index contributed by atoms with van der Waals surface area (Å²) in [6, 6.07) is 7.14. The van der Waals surface area contributed by atoms with E-state index in [0.717, 1.165) is 11.1 Å². The molecule has 138 valence electrons. The van der Waals surface area contributed by atoms with Crippen molar-refractivity contribution in [2.24, 2.45) is 0 Å². The van der Waals surface area contributed by atoms with Crippen molar-refractivity contribution < 1.29 is 22.7 Å². The summed E-state index contributed by atoms with van der Waals surface area (Å²) >= 11 is 0. The van der Waals surface area contributed by atoms with Crippen molar-refractivity contribution in [3.05, 3.63) is 35.4 Å². The van der Waals surface area contributed by atoms with Crippen LogP contribution in [0.1, 0.15) is 17.5 Å². The largest absolute Gasteiger partial charge is 0.383 e. The molecule has 0 bridgehead atoms. The van der Waals surface area contributed by atoms with Gasteiger partial charge in [-0.2, -0.15) is 0 Å². The quantitative estimate of drug-likeness (QED) is 0.728. The number of ether oxygens (including phenoxy) is 1. The highest BCUT2D eigenvalue weighted by Crippen LogP contribution is 2.18. The van der Waals surface area contributed by atoms with Crippen molar-refractivity contribution in [2.75, 3.05) is 31.8 Å². The number of amides is 2. The van der Waals surface area contributed by atoms with E-state index in [9.17, 15) is 18.0 Å². The summed E-state index contributed by atoms with van der Waals surface area (Å²) in [7, 11) is -1.66. The van der Waals surface area contributed by atoms with E-state index in [1.807, 2.05) is 31.2 Å². The summed E-state index contributed by atoms with van der Waals surface area (Å²) < 4.78 is 28.3. The fraction of sp³-hybridized carbons (Fsp3) is 0.529. The average molecular weight is 368 g/mol. The van der Waals surface area contributed by atoms with E-state index in [-0.39, 0.29) is 31.2 Å². The summed E-state index contributed by atoms with van der Waals surface area (Å²) in [6.45, 7) is 2.64. The number of carbonyl (C=O) groups is 2. The van der Waals surface area contributed by atoms with Crippen LogP contribution in [0.2, 0.25) is 0 Å². The fourth-order valence-electron chi connectivity index (χ4n) is 2.76. The number of nitrogens with one attached hydrogen (secondary N) is 1. The molecule has 1 aromatic rings. The minimum Gasteiger partial charge on any atom is -0.383 e. The molecule has 7 nitrogen and oxygen atoms in total. The molecule has 1 heterocycles. The first kappa shape index (κ1) is 19.4. The molecular weight excluding hydrogens is 344 g/mol. The summed E-state index contributed by atoms with van der Waals surface area (Å²) in [6.07, 6.45) is 0.350. The lowest BCUT2D eigenvalue weighted by atomic mass is 10.1. The Morgan fingerprint density at radius 2 is 1.96 bits per heavy atom. The van der Waals surface area contributed by atoms with E-state index >= 15 is 0 Å². The van der Waals surface area contributed by atoms with Crippen molar-refractivity contribution in [2.45, 2.75) is 25.9 Å². The number of sulfone groups is 1. The first-order valence-corrected chi connectivity index (χ1v) is 9.98. The van der Waals surface area contributed by atoms with Gasteiger partial charge < -0.3 is 15.0 Å². The van der Waals surface area contributed by atoms with Crippen molar-refractivity contribution in [3.63, 3.8) is 0 Å². The molecule has 0 spiro atoms. The van der Waals surface area contributed by atoms with Crippen LogP contribution in [-0.2, 0) is 30.7 Å². The van der Waals surface area contributed by atoms with Gasteiger partial charge in [0.2, 0.25) is 0 Å². The van der Waals surface area contributed by atoms with E-state index < -0.39 is 27.7 Å². The normalized spacial score (nSPS) is 18.7. The Morgan fingerprint density at radius 3 is 2.52 bits per heavy atom. The zero-order valence-electron chi connectivity index (χ0n) is 14.5. The minimum absolute atomic E-state index is 0.0411. The molecule has 1 aliphatic heterocycles. The maximum atomic E-state index is 12.5. The SMILES string of the molecule is COCCN(C(=O)C(=O)NCc1ccc(C)cc1)C1CCS(=O)(=O)C1. The third-order valence-corrected chi connectivity index (χ3v) is 5.96. The van der Waals surface area contributed by atoms with E-state index in [4.69, 9.17) is 4.74 Å². The topological polar surface area (TPSA) is 92.8 Å². The van der Waals surface area contributed by atoms with Gasteiger partial charge in [-0.3, -0.25) is 9.59 Å². The molecular formula is C17H24N2O5S. The number of nitrogens with zero attached hydrogens (tertiary/aromatic N) is 1. The van der Waals surface area contributed by atoms with Gasteiger partial charge >= 0.3 is 11.8 Å². The standard InChI is InChI=1S/C17H24N2O5S/c1-13-3-5-14(6-4-13)11-18-16(20)17(21)19(8-9-24-2)15-7-10-25(22,23)12-15/h3-6,15H,7-12H2,1-2H3,(H,18,20). The van der Waals surface area contributed by atoms with E-state index in [1.54, 1.807) is 0 Å². The lowest BCUT2D eigenvalue weighted by molar-refractivity contribution is -0.147. The number of carbonyl (C=O) groups excluding carboxylic acids is 2. The smallest absolute Gasteiger partial charge is 0.312 e. The molecule has 1 saturated heterocycles. The maximum absolute atomic E-state index is 12.5. The Balaban J connectivity index is 1.99. The number of hydrogen-bond donors (Lipinski definition) is 1. The first-order valence-electron chi connectivity index (χ1n) is 8.16. The fourth-order valence-corrected chi connectivity index (χ4v) is 4.49. The van der Waals surface area contributed by atoms with Gasteiger partial charge in [-0.05, 0) is 18.9 Å². The van der Waals surface area contributed by atoms with Gasteiger partial charge in [0.1, 0.15) is 0 Å². The van der Waals surface area contributed by atoms with Crippen LogP contribution in [0.15, 0.2) is 24.3 Å². The lowest BCUT2D eigenvalue weighted by Crippen LogP contribution is -2.49. The predicted octanol–water partition coefficient (Wildman–Crippen LogP) is 0.273. The molecule has 0 radical (unpaired) electrons. The first-order chi connectivity index (χ1) is 11.8. The number of benzene rings is 1. The zero-order chi connectivity index (χ0) is 18.4. The van der Waals surface area contributed by atoms with Gasteiger partial charge in [-0.1, -0.05) is 29.8 Å². The molecule has 25 heavy (non-hydrogen) atoms. The molecule has 2 amide bonds. The summed E-state index contributed by atoms with van der Waals surface area (Å²) in [5.41, 5.74) is 2.00.